The molecule has 0 spiro atoms. The van der Waals surface area contributed by atoms with Crippen molar-refractivity contribution in [2.45, 2.75) is 13.8 Å². The molecule has 20 heavy (non-hydrogen) atoms. The molecule has 1 aromatic heterocycles. The minimum absolute atomic E-state index is 0.0879. The second-order valence-corrected chi connectivity index (χ2v) is 4.38. The fourth-order valence-electron chi connectivity index (χ4n) is 1.76. The summed E-state index contributed by atoms with van der Waals surface area (Å²) in [7, 11) is 0. The maximum atomic E-state index is 11.9. The number of furan rings is 1. The quantitative estimate of drug-likeness (QED) is 0.835. The van der Waals surface area contributed by atoms with Crippen molar-refractivity contribution >= 4 is 34.6 Å². The lowest BCUT2D eigenvalue weighted by atomic mass is 10.1. The van der Waals surface area contributed by atoms with Gasteiger partial charge in [-0.15, -0.1) is 0 Å². The molecule has 0 fully saturated rings. The number of hydrazine groups is 1. The van der Waals surface area contributed by atoms with E-state index in [-0.39, 0.29) is 12.4 Å². The van der Waals surface area contributed by atoms with E-state index in [1.54, 1.807) is 32.0 Å². The molecule has 106 valence electrons. The molecule has 7 heteroatoms. The van der Waals surface area contributed by atoms with Crippen molar-refractivity contribution in [1.29, 1.82) is 0 Å². The van der Waals surface area contributed by atoms with Gasteiger partial charge in [0, 0.05) is 10.9 Å². The fraction of sp³-hybridized carbons (Fsp3) is 0.231. The first-order chi connectivity index (χ1) is 9.54. The van der Waals surface area contributed by atoms with Gasteiger partial charge in [-0.3, -0.25) is 10.2 Å². The number of ether oxygens (including phenoxy) is 1. The van der Waals surface area contributed by atoms with Crippen LogP contribution in [0.4, 0.5) is 4.79 Å². The van der Waals surface area contributed by atoms with Crippen molar-refractivity contribution in [3.63, 3.8) is 0 Å². The standard InChI is InChI=1S/C13H13ClN2O4/c1-3-19-13(18)16-15-12(17)10-7(2)8-5-4-6-9(14)11(8)20-10/h4-6H,3H2,1-2H3,(H,15,17)(H,16,18). The molecule has 0 aliphatic rings. The first kappa shape index (κ1) is 14.2. The van der Waals surface area contributed by atoms with Crippen LogP contribution >= 0.6 is 11.6 Å². The molecule has 2 aromatic rings. The molecular formula is C13H13ClN2O4. The first-order valence-corrected chi connectivity index (χ1v) is 6.33. The number of nitrogens with one attached hydrogen (secondary N) is 2. The SMILES string of the molecule is CCOC(=O)NNC(=O)c1oc2c(Cl)cccc2c1C. The Morgan fingerprint density at radius 2 is 2.10 bits per heavy atom. The van der Waals surface area contributed by atoms with Gasteiger partial charge in [-0.2, -0.15) is 0 Å². The van der Waals surface area contributed by atoms with Crippen LogP contribution in [-0.4, -0.2) is 18.6 Å². The molecule has 0 atom stereocenters. The van der Waals surface area contributed by atoms with Gasteiger partial charge >= 0.3 is 12.0 Å². The fourth-order valence-corrected chi connectivity index (χ4v) is 1.97. The van der Waals surface area contributed by atoms with Crippen molar-refractivity contribution in [2.24, 2.45) is 0 Å². The average molecular weight is 297 g/mol. The summed E-state index contributed by atoms with van der Waals surface area (Å²) < 4.78 is 10.1. The molecule has 0 aliphatic carbocycles. The van der Waals surface area contributed by atoms with Gasteiger partial charge in [-0.1, -0.05) is 23.7 Å². The molecule has 2 rings (SSSR count). The van der Waals surface area contributed by atoms with Crippen molar-refractivity contribution in [3.8, 4) is 0 Å². The number of hydrogen-bond acceptors (Lipinski definition) is 4. The Hall–Kier alpha value is -2.21. The Morgan fingerprint density at radius 3 is 2.75 bits per heavy atom. The number of para-hydroxylation sites is 1. The number of carbonyl (C=O) groups is 2. The van der Waals surface area contributed by atoms with Crippen LogP contribution in [0.1, 0.15) is 23.0 Å². The summed E-state index contributed by atoms with van der Waals surface area (Å²) in [5, 5.41) is 1.17. The number of rotatable bonds is 2. The van der Waals surface area contributed by atoms with Crippen molar-refractivity contribution in [2.75, 3.05) is 6.61 Å². The second kappa shape index (κ2) is 5.83. The number of aryl methyl sites for hydroxylation is 1. The van der Waals surface area contributed by atoms with Gasteiger partial charge in [-0.25, -0.2) is 10.2 Å². The third-order valence-electron chi connectivity index (χ3n) is 2.68. The lowest BCUT2D eigenvalue weighted by Gasteiger charge is -2.05. The highest BCUT2D eigenvalue weighted by molar-refractivity contribution is 6.35. The van der Waals surface area contributed by atoms with Gasteiger partial charge in [-0.05, 0) is 19.9 Å². The zero-order valence-electron chi connectivity index (χ0n) is 11.0. The van der Waals surface area contributed by atoms with Crippen LogP contribution in [0.15, 0.2) is 22.6 Å². The second-order valence-electron chi connectivity index (χ2n) is 3.97. The number of halogens is 1. The lowest BCUT2D eigenvalue weighted by molar-refractivity contribution is 0.0887. The number of benzene rings is 1. The van der Waals surface area contributed by atoms with Crippen molar-refractivity contribution in [1.82, 2.24) is 10.9 Å². The number of carbonyl (C=O) groups excluding carboxylic acids is 2. The van der Waals surface area contributed by atoms with E-state index in [2.05, 4.69) is 15.6 Å². The Labute approximate surface area is 120 Å². The summed E-state index contributed by atoms with van der Waals surface area (Å²) >= 11 is 6.00. The predicted molar refractivity (Wildman–Crippen MR) is 73.6 cm³/mol. The van der Waals surface area contributed by atoms with E-state index in [0.29, 0.717) is 16.2 Å². The Morgan fingerprint density at radius 1 is 1.35 bits per heavy atom. The summed E-state index contributed by atoms with van der Waals surface area (Å²) in [6, 6.07) is 5.24. The highest BCUT2D eigenvalue weighted by atomic mass is 35.5. The normalized spacial score (nSPS) is 10.3. The molecule has 0 unspecified atom stereocenters. The highest BCUT2D eigenvalue weighted by Crippen LogP contribution is 2.30. The topological polar surface area (TPSA) is 80.6 Å². The maximum Gasteiger partial charge on any atom is 0.426 e. The Balaban J connectivity index is 2.20. The molecular weight excluding hydrogens is 284 g/mol. The zero-order valence-corrected chi connectivity index (χ0v) is 11.7. The van der Waals surface area contributed by atoms with Crippen molar-refractivity contribution < 1.29 is 18.7 Å². The maximum absolute atomic E-state index is 11.9. The summed E-state index contributed by atoms with van der Waals surface area (Å²) in [4.78, 5) is 23.0. The van der Waals surface area contributed by atoms with Crippen LogP contribution in [0.3, 0.4) is 0 Å². The number of fused-ring (bicyclic) bond motifs is 1. The van der Waals surface area contributed by atoms with Gasteiger partial charge in [0.15, 0.2) is 11.3 Å². The number of hydrogen-bond donors (Lipinski definition) is 2. The Kier molecular flexibility index (Phi) is 4.14. The van der Waals surface area contributed by atoms with Gasteiger partial charge in [0.1, 0.15) is 0 Å². The van der Waals surface area contributed by atoms with E-state index in [1.165, 1.54) is 0 Å². The van der Waals surface area contributed by atoms with Crippen LogP contribution < -0.4 is 10.9 Å². The third kappa shape index (κ3) is 2.70. The van der Waals surface area contributed by atoms with E-state index in [4.69, 9.17) is 16.0 Å². The van der Waals surface area contributed by atoms with Crippen LogP contribution in [0, 0.1) is 6.92 Å². The van der Waals surface area contributed by atoms with Gasteiger partial charge in [0.2, 0.25) is 0 Å². The molecule has 0 radical (unpaired) electrons. The first-order valence-electron chi connectivity index (χ1n) is 5.95. The van der Waals surface area contributed by atoms with Gasteiger partial charge in [0.25, 0.3) is 0 Å². The molecule has 0 bridgehead atoms. The molecule has 1 heterocycles. The van der Waals surface area contributed by atoms with E-state index >= 15 is 0 Å². The molecule has 0 saturated carbocycles. The summed E-state index contributed by atoms with van der Waals surface area (Å²) in [5.41, 5.74) is 5.40. The monoisotopic (exact) mass is 296 g/mol. The smallest absolute Gasteiger partial charge is 0.426 e. The van der Waals surface area contributed by atoms with E-state index in [1.807, 2.05) is 0 Å². The molecule has 2 amide bonds. The number of amides is 2. The molecule has 1 aromatic carbocycles. The Bertz CT molecular complexity index is 666. The average Bonchev–Trinajstić information content (AvgIpc) is 2.76. The predicted octanol–water partition coefficient (Wildman–Crippen LogP) is 2.79. The third-order valence-corrected chi connectivity index (χ3v) is 2.97. The summed E-state index contributed by atoms with van der Waals surface area (Å²) in [6.45, 7) is 3.61. The van der Waals surface area contributed by atoms with Gasteiger partial charge in [0.05, 0.1) is 11.6 Å². The van der Waals surface area contributed by atoms with Crippen molar-refractivity contribution in [3.05, 3.63) is 34.5 Å². The van der Waals surface area contributed by atoms with Crippen LogP contribution in [0.25, 0.3) is 11.0 Å². The van der Waals surface area contributed by atoms with E-state index in [9.17, 15) is 9.59 Å². The van der Waals surface area contributed by atoms with E-state index in [0.717, 1.165) is 5.39 Å². The molecule has 2 N–H and O–H groups in total. The summed E-state index contributed by atoms with van der Waals surface area (Å²) in [5.74, 6) is -0.493. The largest absolute Gasteiger partial charge is 0.449 e. The van der Waals surface area contributed by atoms with Crippen LogP contribution in [0.2, 0.25) is 5.02 Å². The molecule has 6 nitrogen and oxygen atoms in total. The minimum Gasteiger partial charge on any atom is -0.449 e. The highest BCUT2D eigenvalue weighted by Gasteiger charge is 2.19. The van der Waals surface area contributed by atoms with Crippen LogP contribution in [-0.2, 0) is 4.74 Å². The van der Waals surface area contributed by atoms with Gasteiger partial charge < -0.3 is 9.15 Å². The van der Waals surface area contributed by atoms with E-state index < -0.39 is 12.0 Å². The lowest BCUT2D eigenvalue weighted by Crippen LogP contribution is -2.42. The molecule has 0 aliphatic heterocycles. The summed E-state index contributed by atoms with van der Waals surface area (Å²) in [6.07, 6.45) is -0.743. The molecule has 0 saturated heterocycles. The van der Waals surface area contributed by atoms with Crippen LogP contribution in [0.5, 0.6) is 0 Å². The minimum atomic E-state index is -0.743. The zero-order chi connectivity index (χ0) is 14.7.